The van der Waals surface area contributed by atoms with Crippen LogP contribution in [0.1, 0.15) is 23.1 Å². The Balaban J connectivity index is 1.79. The molecular formula is C19H22N4O6. The minimum atomic E-state index is -1.10. The van der Waals surface area contributed by atoms with Gasteiger partial charge in [0.2, 0.25) is 6.10 Å². The first-order valence-electron chi connectivity index (χ1n) is 9.18. The molecule has 1 aliphatic heterocycles. The summed E-state index contributed by atoms with van der Waals surface area (Å²) < 4.78 is 12.0. The number of benzene rings is 1. The highest BCUT2D eigenvalue weighted by Gasteiger charge is 2.31. The van der Waals surface area contributed by atoms with E-state index in [2.05, 4.69) is 5.10 Å². The van der Waals surface area contributed by atoms with E-state index >= 15 is 0 Å². The normalized spacial score (nSPS) is 15.0. The number of hydrogen-bond donors (Lipinski definition) is 0. The molecule has 1 atom stereocenters. The molecule has 154 valence electrons. The van der Waals surface area contributed by atoms with Gasteiger partial charge in [-0.3, -0.25) is 24.4 Å². The Morgan fingerprint density at radius 2 is 1.90 bits per heavy atom. The van der Waals surface area contributed by atoms with Gasteiger partial charge in [-0.05, 0) is 13.8 Å². The number of aryl methyl sites for hydroxylation is 1. The summed E-state index contributed by atoms with van der Waals surface area (Å²) in [7, 11) is 0. The SMILES string of the molecule is Cc1nn(CC(=O)O[C@@H](C(=O)N2CCOCC2)c2ccccc2)c(C)c1[N+](=O)[O-]. The van der Waals surface area contributed by atoms with Gasteiger partial charge in [0, 0.05) is 18.7 Å². The molecular weight excluding hydrogens is 380 g/mol. The molecule has 3 rings (SSSR count). The van der Waals surface area contributed by atoms with E-state index in [1.54, 1.807) is 35.2 Å². The van der Waals surface area contributed by atoms with Crippen LogP contribution in [0.15, 0.2) is 30.3 Å². The molecule has 1 aliphatic rings. The predicted molar refractivity (Wildman–Crippen MR) is 101 cm³/mol. The molecule has 2 aromatic rings. The van der Waals surface area contributed by atoms with Crippen molar-refractivity contribution in [2.45, 2.75) is 26.5 Å². The first kappa shape index (κ1) is 20.5. The van der Waals surface area contributed by atoms with Crippen LogP contribution >= 0.6 is 0 Å². The lowest BCUT2D eigenvalue weighted by atomic mass is 10.1. The van der Waals surface area contributed by atoms with Crippen LogP contribution in [0.3, 0.4) is 0 Å². The molecule has 1 amide bonds. The second kappa shape index (κ2) is 8.82. The summed E-state index contributed by atoms with van der Waals surface area (Å²) in [6, 6.07) is 8.74. The van der Waals surface area contributed by atoms with Crippen LogP contribution in [-0.2, 0) is 25.6 Å². The fourth-order valence-electron chi connectivity index (χ4n) is 3.24. The van der Waals surface area contributed by atoms with E-state index in [1.165, 1.54) is 18.5 Å². The molecule has 0 saturated carbocycles. The third kappa shape index (κ3) is 4.60. The number of carbonyl (C=O) groups is 2. The van der Waals surface area contributed by atoms with E-state index in [-0.39, 0.29) is 29.5 Å². The zero-order valence-electron chi connectivity index (χ0n) is 16.2. The molecule has 0 unspecified atom stereocenters. The van der Waals surface area contributed by atoms with Crippen LogP contribution in [0, 0.1) is 24.0 Å². The van der Waals surface area contributed by atoms with Crippen molar-refractivity contribution in [2.24, 2.45) is 0 Å². The summed E-state index contributed by atoms with van der Waals surface area (Å²) in [6.07, 6.45) is -1.10. The summed E-state index contributed by atoms with van der Waals surface area (Å²) in [5.74, 6) is -1.03. The van der Waals surface area contributed by atoms with Crippen LogP contribution in [0.2, 0.25) is 0 Å². The van der Waals surface area contributed by atoms with E-state index in [0.29, 0.717) is 31.9 Å². The van der Waals surface area contributed by atoms with Gasteiger partial charge in [0.15, 0.2) is 0 Å². The maximum Gasteiger partial charge on any atom is 0.328 e. The Morgan fingerprint density at radius 1 is 1.24 bits per heavy atom. The lowest BCUT2D eigenvalue weighted by molar-refractivity contribution is -0.386. The van der Waals surface area contributed by atoms with E-state index in [1.807, 2.05) is 0 Å². The number of hydrogen-bond acceptors (Lipinski definition) is 7. The summed E-state index contributed by atoms with van der Waals surface area (Å²) in [6.45, 7) is 4.38. The van der Waals surface area contributed by atoms with Crippen LogP contribution < -0.4 is 0 Å². The number of rotatable bonds is 6. The lowest BCUT2D eigenvalue weighted by Gasteiger charge is -2.30. The molecule has 1 aromatic carbocycles. The largest absolute Gasteiger partial charge is 0.446 e. The van der Waals surface area contributed by atoms with Crippen molar-refractivity contribution in [3.63, 3.8) is 0 Å². The van der Waals surface area contributed by atoms with Crippen molar-refractivity contribution in [2.75, 3.05) is 26.3 Å². The molecule has 10 heteroatoms. The van der Waals surface area contributed by atoms with Gasteiger partial charge >= 0.3 is 11.7 Å². The van der Waals surface area contributed by atoms with Gasteiger partial charge in [0.1, 0.15) is 17.9 Å². The van der Waals surface area contributed by atoms with Gasteiger partial charge in [-0.25, -0.2) is 0 Å². The van der Waals surface area contributed by atoms with Crippen molar-refractivity contribution < 1.29 is 24.0 Å². The van der Waals surface area contributed by atoms with Crippen LogP contribution in [0.4, 0.5) is 5.69 Å². The smallest absolute Gasteiger partial charge is 0.328 e. The Labute approximate surface area is 167 Å². The minimum Gasteiger partial charge on any atom is -0.446 e. The maximum atomic E-state index is 13.0. The highest BCUT2D eigenvalue weighted by atomic mass is 16.6. The minimum absolute atomic E-state index is 0.137. The number of carbonyl (C=O) groups excluding carboxylic acids is 2. The molecule has 0 radical (unpaired) electrons. The molecule has 10 nitrogen and oxygen atoms in total. The number of morpholine rings is 1. The van der Waals surface area contributed by atoms with E-state index in [4.69, 9.17) is 9.47 Å². The maximum absolute atomic E-state index is 13.0. The zero-order valence-corrected chi connectivity index (χ0v) is 16.2. The lowest BCUT2D eigenvalue weighted by Crippen LogP contribution is -2.44. The predicted octanol–water partition coefficient (Wildman–Crippen LogP) is 1.55. The van der Waals surface area contributed by atoms with Gasteiger partial charge in [-0.2, -0.15) is 5.10 Å². The number of amides is 1. The molecule has 2 heterocycles. The molecule has 1 aromatic heterocycles. The summed E-state index contributed by atoms with van der Waals surface area (Å²) in [5, 5.41) is 15.2. The van der Waals surface area contributed by atoms with E-state index < -0.39 is 17.0 Å². The Morgan fingerprint density at radius 3 is 2.48 bits per heavy atom. The molecule has 1 saturated heterocycles. The van der Waals surface area contributed by atoms with Crippen molar-refractivity contribution in [1.82, 2.24) is 14.7 Å². The number of ether oxygens (including phenoxy) is 2. The number of nitrogens with zero attached hydrogens (tertiary/aromatic N) is 4. The fourth-order valence-corrected chi connectivity index (χ4v) is 3.24. The quantitative estimate of drug-likeness (QED) is 0.409. The molecule has 0 bridgehead atoms. The molecule has 0 N–H and O–H groups in total. The Hall–Kier alpha value is -3.27. The third-order valence-corrected chi connectivity index (χ3v) is 4.70. The first-order valence-corrected chi connectivity index (χ1v) is 9.18. The Bertz CT molecular complexity index is 905. The molecule has 0 aliphatic carbocycles. The van der Waals surface area contributed by atoms with Crippen LogP contribution in [0.25, 0.3) is 0 Å². The molecule has 1 fully saturated rings. The monoisotopic (exact) mass is 402 g/mol. The van der Waals surface area contributed by atoms with Gasteiger partial charge in [0.25, 0.3) is 5.91 Å². The van der Waals surface area contributed by atoms with E-state index in [0.717, 1.165) is 0 Å². The number of aromatic nitrogens is 2. The van der Waals surface area contributed by atoms with Crippen LogP contribution in [-0.4, -0.2) is 57.8 Å². The van der Waals surface area contributed by atoms with Crippen molar-refractivity contribution in [3.8, 4) is 0 Å². The zero-order chi connectivity index (χ0) is 21.0. The van der Waals surface area contributed by atoms with Gasteiger partial charge in [-0.15, -0.1) is 0 Å². The summed E-state index contributed by atoms with van der Waals surface area (Å²) in [5.41, 5.74) is 0.878. The average Bonchev–Trinajstić information content (AvgIpc) is 3.00. The van der Waals surface area contributed by atoms with Crippen LogP contribution in [0.5, 0.6) is 0 Å². The second-order valence-electron chi connectivity index (χ2n) is 6.65. The summed E-state index contributed by atoms with van der Waals surface area (Å²) >= 11 is 0. The standard InChI is InChI=1S/C19H22N4O6/c1-13-17(23(26)27)14(2)22(20-13)12-16(24)29-18(15-6-4-3-5-7-15)19(25)21-8-10-28-11-9-21/h3-7,18H,8-12H2,1-2H3/t18-/m1/s1. The first-order chi connectivity index (χ1) is 13.9. The molecule has 29 heavy (non-hydrogen) atoms. The topological polar surface area (TPSA) is 117 Å². The van der Waals surface area contributed by atoms with Gasteiger partial charge in [-0.1, -0.05) is 30.3 Å². The molecule has 0 spiro atoms. The van der Waals surface area contributed by atoms with Crippen molar-refractivity contribution >= 4 is 17.6 Å². The van der Waals surface area contributed by atoms with Crippen molar-refractivity contribution in [1.29, 1.82) is 0 Å². The average molecular weight is 402 g/mol. The van der Waals surface area contributed by atoms with E-state index in [9.17, 15) is 19.7 Å². The Kier molecular flexibility index (Phi) is 6.23. The second-order valence-corrected chi connectivity index (χ2v) is 6.65. The third-order valence-electron chi connectivity index (χ3n) is 4.70. The number of nitro groups is 1. The fraction of sp³-hybridized carbons (Fsp3) is 0.421. The van der Waals surface area contributed by atoms with Gasteiger partial charge in [0.05, 0.1) is 18.1 Å². The van der Waals surface area contributed by atoms with Crippen molar-refractivity contribution in [3.05, 3.63) is 57.4 Å². The number of esters is 1. The highest BCUT2D eigenvalue weighted by molar-refractivity contribution is 5.85. The van der Waals surface area contributed by atoms with Gasteiger partial charge < -0.3 is 14.4 Å². The highest BCUT2D eigenvalue weighted by Crippen LogP contribution is 2.24. The summed E-state index contributed by atoms with van der Waals surface area (Å²) in [4.78, 5) is 37.8.